The van der Waals surface area contributed by atoms with Crippen LogP contribution >= 0.6 is 0 Å². The summed E-state index contributed by atoms with van der Waals surface area (Å²) in [6, 6.07) is -0.0328. The van der Waals surface area contributed by atoms with Gasteiger partial charge in [-0.1, -0.05) is 18.2 Å². The second-order valence-corrected chi connectivity index (χ2v) is 5.97. The summed E-state index contributed by atoms with van der Waals surface area (Å²) in [6.45, 7) is 6.64. The lowest BCUT2D eigenvalue weighted by atomic mass is 10.0. The summed E-state index contributed by atoms with van der Waals surface area (Å²) in [5.74, 6) is -0.820. The van der Waals surface area contributed by atoms with Gasteiger partial charge in [0, 0.05) is 18.7 Å². The maximum Gasteiger partial charge on any atom is 0.336 e. The van der Waals surface area contributed by atoms with Crippen LogP contribution in [0.5, 0.6) is 0 Å². The number of allylic oxidation sites excluding steroid dienone is 2. The Kier molecular flexibility index (Phi) is 6.34. The van der Waals surface area contributed by atoms with Gasteiger partial charge in [-0.05, 0) is 32.8 Å². The summed E-state index contributed by atoms with van der Waals surface area (Å²) >= 11 is 0. The molecule has 2 aliphatic rings. The van der Waals surface area contributed by atoms with E-state index in [1.807, 2.05) is 6.08 Å². The van der Waals surface area contributed by atoms with Crippen LogP contribution in [0.25, 0.3) is 0 Å². The molecule has 0 bridgehead atoms. The second-order valence-electron chi connectivity index (χ2n) is 5.97. The van der Waals surface area contributed by atoms with Gasteiger partial charge in [0.15, 0.2) is 0 Å². The average Bonchev–Trinajstić information content (AvgIpc) is 3.16. The molecular weight excluding hydrogens is 310 g/mol. The number of fused-ring (bicyclic) bond motifs is 1. The molecular formula is C18H25NO5. The van der Waals surface area contributed by atoms with E-state index < -0.39 is 5.97 Å². The maximum atomic E-state index is 12.0. The zero-order valence-corrected chi connectivity index (χ0v) is 14.4. The zero-order valence-electron chi connectivity index (χ0n) is 14.4. The van der Waals surface area contributed by atoms with E-state index in [-0.39, 0.29) is 36.9 Å². The minimum Gasteiger partial charge on any atom is -0.458 e. The number of aliphatic hydroxyl groups is 1. The van der Waals surface area contributed by atoms with Gasteiger partial charge in [-0.15, -0.1) is 0 Å². The van der Waals surface area contributed by atoms with Crippen molar-refractivity contribution in [3.63, 3.8) is 0 Å². The molecule has 0 unspecified atom stereocenters. The standard InChI is InChI=1S/C18H25NO5/c1-4-12(3)17(21)24-15-7-9-19-8-6-14(16(15)19)11-23-18(22)13(5-2)10-20/h4-6,15-16,20H,7-11H2,1-3H3/b12-4-,13-5?/t15-,16-/m1/s1. The molecule has 2 heterocycles. The fraction of sp³-hybridized carbons (Fsp3) is 0.556. The number of esters is 2. The molecule has 0 spiro atoms. The summed E-state index contributed by atoms with van der Waals surface area (Å²) < 4.78 is 10.9. The monoisotopic (exact) mass is 335 g/mol. The number of rotatable bonds is 6. The smallest absolute Gasteiger partial charge is 0.336 e. The minimum absolute atomic E-state index is 0.0328. The fourth-order valence-corrected chi connectivity index (χ4v) is 2.99. The zero-order chi connectivity index (χ0) is 17.7. The van der Waals surface area contributed by atoms with Crippen molar-refractivity contribution in [1.82, 2.24) is 4.90 Å². The molecule has 1 fully saturated rings. The Hall–Kier alpha value is -1.92. The predicted molar refractivity (Wildman–Crippen MR) is 89.2 cm³/mol. The van der Waals surface area contributed by atoms with Crippen molar-refractivity contribution in [2.45, 2.75) is 39.3 Å². The summed E-state index contributed by atoms with van der Waals surface area (Å²) in [5.41, 5.74) is 1.78. The van der Waals surface area contributed by atoms with Crippen molar-refractivity contribution in [2.75, 3.05) is 26.3 Å². The maximum absolute atomic E-state index is 12.0. The average molecular weight is 335 g/mol. The van der Waals surface area contributed by atoms with Crippen LogP contribution in [0.1, 0.15) is 27.2 Å². The molecule has 6 heteroatoms. The topological polar surface area (TPSA) is 76.1 Å². The summed E-state index contributed by atoms with van der Waals surface area (Å²) in [4.78, 5) is 26.1. The third-order valence-electron chi connectivity index (χ3n) is 4.58. The van der Waals surface area contributed by atoms with E-state index in [2.05, 4.69) is 4.90 Å². The van der Waals surface area contributed by atoms with Gasteiger partial charge in [-0.3, -0.25) is 4.90 Å². The van der Waals surface area contributed by atoms with Crippen LogP contribution in [0.3, 0.4) is 0 Å². The number of aliphatic hydroxyl groups excluding tert-OH is 1. The summed E-state index contributed by atoms with van der Waals surface area (Å²) in [7, 11) is 0. The van der Waals surface area contributed by atoms with Gasteiger partial charge in [0.25, 0.3) is 0 Å². The van der Waals surface area contributed by atoms with Crippen molar-refractivity contribution in [3.8, 4) is 0 Å². The molecule has 132 valence electrons. The summed E-state index contributed by atoms with van der Waals surface area (Å²) in [5, 5.41) is 9.10. The van der Waals surface area contributed by atoms with E-state index in [4.69, 9.17) is 14.6 Å². The molecule has 0 aromatic heterocycles. The fourth-order valence-electron chi connectivity index (χ4n) is 2.99. The van der Waals surface area contributed by atoms with E-state index >= 15 is 0 Å². The molecule has 2 atom stereocenters. The Labute approximate surface area is 142 Å². The van der Waals surface area contributed by atoms with Gasteiger partial charge in [0.1, 0.15) is 12.7 Å². The SMILES string of the molecule is CC=C(CO)C(=O)OCC1=CCN2CC[C@@H](OC(=O)/C(C)=C\C)[C@@H]12. The molecule has 0 amide bonds. The van der Waals surface area contributed by atoms with E-state index in [1.54, 1.807) is 26.8 Å². The highest BCUT2D eigenvalue weighted by molar-refractivity contribution is 5.88. The lowest BCUT2D eigenvalue weighted by Gasteiger charge is -2.24. The van der Waals surface area contributed by atoms with E-state index in [9.17, 15) is 9.59 Å². The first kappa shape index (κ1) is 18.4. The number of carbonyl (C=O) groups is 2. The van der Waals surface area contributed by atoms with Crippen molar-refractivity contribution in [3.05, 3.63) is 34.9 Å². The molecule has 6 nitrogen and oxygen atoms in total. The van der Waals surface area contributed by atoms with Gasteiger partial charge in [0.05, 0.1) is 18.2 Å². The van der Waals surface area contributed by atoms with Crippen LogP contribution in [-0.4, -0.2) is 60.4 Å². The molecule has 24 heavy (non-hydrogen) atoms. The van der Waals surface area contributed by atoms with Gasteiger partial charge in [-0.2, -0.15) is 0 Å². The molecule has 0 aliphatic carbocycles. The molecule has 2 rings (SSSR count). The van der Waals surface area contributed by atoms with Crippen LogP contribution < -0.4 is 0 Å². The van der Waals surface area contributed by atoms with Gasteiger partial charge < -0.3 is 14.6 Å². The molecule has 0 saturated carbocycles. The number of ether oxygens (including phenoxy) is 2. The lowest BCUT2D eigenvalue weighted by molar-refractivity contribution is -0.145. The quantitative estimate of drug-likeness (QED) is 0.449. The number of hydrogen-bond acceptors (Lipinski definition) is 6. The van der Waals surface area contributed by atoms with Gasteiger partial charge >= 0.3 is 11.9 Å². The van der Waals surface area contributed by atoms with Crippen molar-refractivity contribution in [2.24, 2.45) is 0 Å². The highest BCUT2D eigenvalue weighted by Gasteiger charge is 2.42. The Morgan fingerprint density at radius 3 is 2.71 bits per heavy atom. The van der Waals surface area contributed by atoms with E-state index in [0.717, 1.165) is 25.1 Å². The first-order valence-electron chi connectivity index (χ1n) is 8.21. The minimum atomic E-state index is -0.518. The molecule has 2 aliphatic heterocycles. The van der Waals surface area contributed by atoms with Gasteiger partial charge in [0.2, 0.25) is 0 Å². The van der Waals surface area contributed by atoms with Gasteiger partial charge in [-0.25, -0.2) is 9.59 Å². The predicted octanol–water partition coefficient (Wildman–Crippen LogP) is 1.36. The van der Waals surface area contributed by atoms with E-state index in [1.165, 1.54) is 6.08 Å². The largest absolute Gasteiger partial charge is 0.458 e. The summed E-state index contributed by atoms with van der Waals surface area (Å²) in [6.07, 6.45) is 5.84. The Balaban J connectivity index is 1.97. The highest BCUT2D eigenvalue weighted by atomic mass is 16.5. The third-order valence-corrected chi connectivity index (χ3v) is 4.58. The molecule has 0 aromatic carbocycles. The third kappa shape index (κ3) is 3.94. The molecule has 1 saturated heterocycles. The number of carbonyl (C=O) groups excluding carboxylic acids is 2. The van der Waals surface area contributed by atoms with Crippen molar-refractivity contribution in [1.29, 1.82) is 0 Å². The molecule has 1 N–H and O–H groups in total. The number of nitrogens with zero attached hydrogens (tertiary/aromatic N) is 1. The Bertz CT molecular complexity index is 590. The highest BCUT2D eigenvalue weighted by Crippen LogP contribution is 2.31. The van der Waals surface area contributed by atoms with Crippen molar-refractivity contribution >= 4 is 11.9 Å². The normalized spacial score (nSPS) is 24.6. The number of hydrogen-bond donors (Lipinski definition) is 1. The Morgan fingerprint density at radius 1 is 1.33 bits per heavy atom. The molecule has 0 aromatic rings. The van der Waals surface area contributed by atoms with Crippen LogP contribution in [0, 0.1) is 0 Å². The van der Waals surface area contributed by atoms with Crippen LogP contribution in [-0.2, 0) is 19.1 Å². The first-order chi connectivity index (χ1) is 11.5. The van der Waals surface area contributed by atoms with Crippen molar-refractivity contribution < 1.29 is 24.2 Å². The Morgan fingerprint density at radius 2 is 2.08 bits per heavy atom. The van der Waals surface area contributed by atoms with E-state index in [0.29, 0.717) is 5.57 Å². The lowest BCUT2D eigenvalue weighted by Crippen LogP contribution is -2.36. The van der Waals surface area contributed by atoms with Crippen LogP contribution in [0.2, 0.25) is 0 Å². The molecule has 0 radical (unpaired) electrons. The second kappa shape index (κ2) is 8.26. The van der Waals surface area contributed by atoms with Crippen LogP contribution in [0.4, 0.5) is 0 Å². The first-order valence-corrected chi connectivity index (χ1v) is 8.21. The van der Waals surface area contributed by atoms with Crippen LogP contribution in [0.15, 0.2) is 34.9 Å².